The van der Waals surface area contributed by atoms with Crippen molar-refractivity contribution in [2.75, 3.05) is 5.32 Å². The standard InChI is InChI=1S/C14H15N3O2/c1-3-7-10(4-2)15-13-12(14(18)19)17-9-6-5-8-11(17)16-13/h2,5-6,8-10,15H,3,7H2,1H3,(H,18,19). The monoisotopic (exact) mass is 257 g/mol. The zero-order valence-corrected chi connectivity index (χ0v) is 10.6. The van der Waals surface area contributed by atoms with Crippen molar-refractivity contribution < 1.29 is 9.90 Å². The lowest BCUT2D eigenvalue weighted by molar-refractivity contribution is 0.0690. The summed E-state index contributed by atoms with van der Waals surface area (Å²) < 4.78 is 1.53. The van der Waals surface area contributed by atoms with Crippen LogP contribution >= 0.6 is 0 Å². The molecule has 0 aliphatic rings. The minimum Gasteiger partial charge on any atom is -0.476 e. The number of pyridine rings is 1. The van der Waals surface area contributed by atoms with Crippen LogP contribution in [0.4, 0.5) is 5.82 Å². The smallest absolute Gasteiger partial charge is 0.356 e. The number of anilines is 1. The van der Waals surface area contributed by atoms with E-state index in [4.69, 9.17) is 6.42 Å². The fourth-order valence-electron chi connectivity index (χ4n) is 1.95. The number of carbonyl (C=O) groups is 1. The summed E-state index contributed by atoms with van der Waals surface area (Å²) in [6.45, 7) is 2.02. The van der Waals surface area contributed by atoms with Gasteiger partial charge in [0.25, 0.3) is 0 Å². The average molecular weight is 257 g/mol. The van der Waals surface area contributed by atoms with E-state index < -0.39 is 5.97 Å². The molecule has 2 rings (SSSR count). The molecule has 2 heterocycles. The molecule has 98 valence electrons. The van der Waals surface area contributed by atoms with Gasteiger partial charge in [0.2, 0.25) is 0 Å². The molecule has 1 atom stereocenters. The van der Waals surface area contributed by atoms with Gasteiger partial charge in [-0.1, -0.05) is 25.3 Å². The van der Waals surface area contributed by atoms with Crippen LogP contribution in [-0.2, 0) is 0 Å². The van der Waals surface area contributed by atoms with E-state index in [1.807, 2.05) is 13.0 Å². The van der Waals surface area contributed by atoms with Gasteiger partial charge in [-0.2, -0.15) is 0 Å². The van der Waals surface area contributed by atoms with Gasteiger partial charge in [-0.15, -0.1) is 6.42 Å². The van der Waals surface area contributed by atoms with Crippen molar-refractivity contribution in [1.82, 2.24) is 9.38 Å². The lowest BCUT2D eigenvalue weighted by atomic mass is 10.2. The topological polar surface area (TPSA) is 66.6 Å². The van der Waals surface area contributed by atoms with Crippen LogP contribution in [0.25, 0.3) is 5.65 Å². The van der Waals surface area contributed by atoms with Crippen molar-refractivity contribution in [3.05, 3.63) is 30.1 Å². The Morgan fingerprint density at radius 2 is 2.42 bits per heavy atom. The molecule has 0 amide bonds. The fourth-order valence-corrected chi connectivity index (χ4v) is 1.95. The molecule has 0 bridgehead atoms. The first kappa shape index (κ1) is 13.0. The summed E-state index contributed by atoms with van der Waals surface area (Å²) in [5.41, 5.74) is 0.682. The van der Waals surface area contributed by atoms with E-state index in [0.29, 0.717) is 11.5 Å². The maximum Gasteiger partial charge on any atom is 0.356 e. The van der Waals surface area contributed by atoms with Gasteiger partial charge in [-0.25, -0.2) is 9.78 Å². The molecule has 5 nitrogen and oxygen atoms in total. The number of carboxylic acid groups (broad SMARTS) is 1. The molecule has 0 saturated heterocycles. The predicted molar refractivity (Wildman–Crippen MR) is 73.3 cm³/mol. The molecule has 2 aromatic heterocycles. The van der Waals surface area contributed by atoms with E-state index in [1.54, 1.807) is 18.3 Å². The molecule has 0 aliphatic heterocycles. The third-order valence-electron chi connectivity index (χ3n) is 2.82. The molecule has 0 fully saturated rings. The lowest BCUT2D eigenvalue weighted by Gasteiger charge is -2.11. The third-order valence-corrected chi connectivity index (χ3v) is 2.82. The highest BCUT2D eigenvalue weighted by molar-refractivity contribution is 5.93. The van der Waals surface area contributed by atoms with Gasteiger partial charge in [0.1, 0.15) is 5.65 Å². The first-order valence-corrected chi connectivity index (χ1v) is 6.10. The number of nitrogens with one attached hydrogen (secondary N) is 1. The largest absolute Gasteiger partial charge is 0.476 e. The number of fused-ring (bicyclic) bond motifs is 1. The molecule has 5 heteroatoms. The highest BCUT2D eigenvalue weighted by Crippen LogP contribution is 2.19. The van der Waals surface area contributed by atoms with Crippen molar-refractivity contribution in [3.63, 3.8) is 0 Å². The number of aromatic nitrogens is 2. The lowest BCUT2D eigenvalue weighted by Crippen LogP contribution is -2.19. The summed E-state index contributed by atoms with van der Waals surface area (Å²) >= 11 is 0. The van der Waals surface area contributed by atoms with Crippen molar-refractivity contribution in [2.24, 2.45) is 0 Å². The first-order valence-electron chi connectivity index (χ1n) is 6.10. The molecule has 0 aliphatic carbocycles. The SMILES string of the molecule is C#CC(CCC)Nc1nc2ccccn2c1C(=O)O. The Morgan fingerprint density at radius 1 is 1.63 bits per heavy atom. The number of hydrogen-bond donors (Lipinski definition) is 2. The number of imidazole rings is 1. The summed E-state index contributed by atoms with van der Waals surface area (Å²) in [7, 11) is 0. The zero-order chi connectivity index (χ0) is 13.8. The molecule has 0 spiro atoms. The van der Waals surface area contributed by atoms with E-state index in [1.165, 1.54) is 4.40 Å². The van der Waals surface area contributed by atoms with Gasteiger partial charge in [0, 0.05) is 6.20 Å². The maximum atomic E-state index is 11.4. The van der Waals surface area contributed by atoms with Gasteiger partial charge in [-0.3, -0.25) is 4.40 Å². The van der Waals surface area contributed by atoms with Crippen molar-refractivity contribution in [1.29, 1.82) is 0 Å². The average Bonchev–Trinajstić information content (AvgIpc) is 2.76. The van der Waals surface area contributed by atoms with Crippen molar-refractivity contribution in [2.45, 2.75) is 25.8 Å². The van der Waals surface area contributed by atoms with Gasteiger partial charge < -0.3 is 10.4 Å². The summed E-state index contributed by atoms with van der Waals surface area (Å²) in [5.74, 6) is 1.89. The molecule has 1 unspecified atom stereocenters. The number of nitrogens with zero attached hydrogens (tertiary/aromatic N) is 2. The Kier molecular flexibility index (Phi) is 3.71. The van der Waals surface area contributed by atoms with Crippen LogP contribution in [0.15, 0.2) is 24.4 Å². The highest BCUT2D eigenvalue weighted by atomic mass is 16.4. The quantitative estimate of drug-likeness (QED) is 0.806. The van der Waals surface area contributed by atoms with E-state index in [2.05, 4.69) is 16.2 Å². The Hall–Kier alpha value is -2.48. The number of rotatable bonds is 5. The normalized spacial score (nSPS) is 12.0. The predicted octanol–water partition coefficient (Wildman–Crippen LogP) is 2.25. The zero-order valence-electron chi connectivity index (χ0n) is 10.6. The van der Waals surface area contributed by atoms with Crippen LogP contribution in [0.1, 0.15) is 30.3 Å². The van der Waals surface area contributed by atoms with Gasteiger partial charge in [0.05, 0.1) is 6.04 Å². The maximum absolute atomic E-state index is 11.4. The Morgan fingerprint density at radius 3 is 3.05 bits per heavy atom. The summed E-state index contributed by atoms with van der Waals surface area (Å²) in [6.07, 6.45) is 8.78. The molecule has 2 N–H and O–H groups in total. The van der Waals surface area contributed by atoms with Gasteiger partial charge >= 0.3 is 5.97 Å². The second-order valence-electron chi connectivity index (χ2n) is 4.20. The van der Waals surface area contributed by atoms with Crippen LogP contribution in [-0.4, -0.2) is 26.5 Å². The van der Waals surface area contributed by atoms with Crippen LogP contribution in [0.5, 0.6) is 0 Å². The van der Waals surface area contributed by atoms with Crippen LogP contribution < -0.4 is 5.32 Å². The number of carboxylic acids is 1. The van der Waals surface area contributed by atoms with Crippen LogP contribution in [0.2, 0.25) is 0 Å². The van der Waals surface area contributed by atoms with E-state index in [-0.39, 0.29) is 11.7 Å². The Bertz CT molecular complexity index is 640. The highest BCUT2D eigenvalue weighted by Gasteiger charge is 2.19. The Labute approximate surface area is 111 Å². The molecular formula is C14H15N3O2. The van der Waals surface area contributed by atoms with Gasteiger partial charge in [0.15, 0.2) is 11.5 Å². The molecule has 2 aromatic rings. The van der Waals surface area contributed by atoms with Crippen LogP contribution in [0, 0.1) is 12.3 Å². The van der Waals surface area contributed by atoms with E-state index >= 15 is 0 Å². The second-order valence-corrected chi connectivity index (χ2v) is 4.20. The van der Waals surface area contributed by atoms with E-state index in [9.17, 15) is 9.90 Å². The van der Waals surface area contributed by atoms with Gasteiger partial charge in [-0.05, 0) is 18.6 Å². The first-order chi connectivity index (χ1) is 9.17. The third kappa shape index (κ3) is 2.52. The Balaban J connectivity index is 2.45. The van der Waals surface area contributed by atoms with E-state index in [0.717, 1.165) is 12.8 Å². The fraction of sp³-hybridized carbons (Fsp3) is 0.286. The molecule has 19 heavy (non-hydrogen) atoms. The summed E-state index contributed by atoms with van der Waals surface area (Å²) in [6, 6.07) is 5.11. The van der Waals surface area contributed by atoms with Crippen molar-refractivity contribution in [3.8, 4) is 12.3 Å². The molecule has 0 radical (unpaired) electrons. The minimum atomic E-state index is -1.03. The van der Waals surface area contributed by atoms with Crippen LogP contribution in [0.3, 0.4) is 0 Å². The number of aromatic carboxylic acids is 1. The summed E-state index contributed by atoms with van der Waals surface area (Å²) in [4.78, 5) is 15.7. The van der Waals surface area contributed by atoms with Crippen molar-refractivity contribution >= 4 is 17.4 Å². The molecule has 0 aromatic carbocycles. The number of terminal acetylenes is 1. The number of hydrogen-bond acceptors (Lipinski definition) is 3. The molecule has 0 saturated carbocycles. The second kappa shape index (κ2) is 5.44. The molecular weight excluding hydrogens is 242 g/mol. The summed E-state index contributed by atoms with van der Waals surface area (Å²) in [5, 5.41) is 12.3. The minimum absolute atomic E-state index is 0.104.